The third kappa shape index (κ3) is 3.98. The molecule has 7 heteroatoms. The smallest absolute Gasteiger partial charge is 0.320 e. The number of nitrogens with zero attached hydrogens (tertiary/aromatic N) is 2. The number of aromatic nitrogens is 2. The van der Waals surface area contributed by atoms with Gasteiger partial charge in [-0.05, 0) is 55.5 Å². The molecule has 0 fully saturated rings. The molecule has 0 aliphatic rings. The van der Waals surface area contributed by atoms with Gasteiger partial charge in [-0.3, -0.25) is 0 Å². The molecule has 0 amide bonds. The van der Waals surface area contributed by atoms with Gasteiger partial charge in [0.05, 0.1) is 0 Å². The molecule has 0 aliphatic carbocycles. The summed E-state index contributed by atoms with van der Waals surface area (Å²) in [4.78, 5) is 0. The Hall–Kier alpha value is -2.60. The Morgan fingerprint density at radius 2 is 1.78 bits per heavy atom. The van der Waals surface area contributed by atoms with Crippen molar-refractivity contribution in [2.45, 2.75) is 13.0 Å². The minimum atomic E-state index is -0.424. The first-order valence-corrected chi connectivity index (χ1v) is 7.26. The van der Waals surface area contributed by atoms with Gasteiger partial charge in [0.25, 0.3) is 5.89 Å². The van der Waals surface area contributed by atoms with Crippen molar-refractivity contribution in [2.75, 3.05) is 5.32 Å². The summed E-state index contributed by atoms with van der Waals surface area (Å²) < 4.78 is 24.1. The van der Waals surface area contributed by atoms with Gasteiger partial charge in [-0.2, -0.15) is 0 Å². The van der Waals surface area contributed by atoms with Crippen LogP contribution in [-0.2, 0) is 0 Å². The van der Waals surface area contributed by atoms with Crippen molar-refractivity contribution < 1.29 is 13.5 Å². The van der Waals surface area contributed by atoms with Gasteiger partial charge >= 0.3 is 6.01 Å². The van der Waals surface area contributed by atoms with E-state index in [9.17, 15) is 4.39 Å². The van der Waals surface area contributed by atoms with Crippen LogP contribution < -0.4 is 10.1 Å². The van der Waals surface area contributed by atoms with Crippen molar-refractivity contribution in [3.05, 3.63) is 65.3 Å². The van der Waals surface area contributed by atoms with Crippen LogP contribution in [0.2, 0.25) is 5.02 Å². The van der Waals surface area contributed by atoms with Gasteiger partial charge < -0.3 is 14.5 Å². The average Bonchev–Trinajstić information content (AvgIpc) is 3.00. The molecule has 0 saturated heterocycles. The van der Waals surface area contributed by atoms with Crippen LogP contribution in [0.25, 0.3) is 0 Å². The van der Waals surface area contributed by atoms with Crippen molar-refractivity contribution >= 4 is 23.3 Å². The second kappa shape index (κ2) is 6.66. The number of ether oxygens (including phenoxy) is 1. The molecule has 0 bridgehead atoms. The van der Waals surface area contributed by atoms with E-state index in [1.54, 1.807) is 43.3 Å². The Kier molecular flexibility index (Phi) is 4.43. The van der Waals surface area contributed by atoms with Crippen LogP contribution in [0.1, 0.15) is 18.9 Å². The predicted molar refractivity (Wildman–Crippen MR) is 84.5 cm³/mol. The Morgan fingerprint density at radius 3 is 2.48 bits per heavy atom. The van der Waals surface area contributed by atoms with Crippen molar-refractivity contribution in [3.8, 4) is 5.75 Å². The molecule has 0 aliphatic heterocycles. The summed E-state index contributed by atoms with van der Waals surface area (Å²) in [6.45, 7) is 1.80. The highest BCUT2D eigenvalue weighted by molar-refractivity contribution is 6.30. The molecule has 118 valence electrons. The molecule has 0 radical (unpaired) electrons. The number of hydrogen-bond acceptors (Lipinski definition) is 5. The first-order chi connectivity index (χ1) is 11.1. The summed E-state index contributed by atoms with van der Waals surface area (Å²) in [6.07, 6.45) is -0.424. The fourth-order valence-electron chi connectivity index (χ4n) is 1.87. The van der Waals surface area contributed by atoms with Crippen LogP contribution in [0.15, 0.2) is 52.9 Å². The lowest BCUT2D eigenvalue weighted by Crippen LogP contribution is -2.03. The van der Waals surface area contributed by atoms with E-state index in [-0.39, 0.29) is 11.8 Å². The van der Waals surface area contributed by atoms with Crippen LogP contribution in [0.4, 0.5) is 16.1 Å². The molecule has 5 nitrogen and oxygen atoms in total. The molecular weight excluding hydrogens is 321 g/mol. The second-order valence-electron chi connectivity index (χ2n) is 4.79. The summed E-state index contributed by atoms with van der Waals surface area (Å²) in [5, 5.41) is 11.4. The van der Waals surface area contributed by atoms with Crippen molar-refractivity contribution in [1.29, 1.82) is 0 Å². The first kappa shape index (κ1) is 15.3. The quantitative estimate of drug-likeness (QED) is 0.730. The number of hydrogen-bond donors (Lipinski definition) is 1. The summed E-state index contributed by atoms with van der Waals surface area (Å²) in [5.41, 5.74) is 0.646. The minimum absolute atomic E-state index is 0.207. The van der Waals surface area contributed by atoms with Crippen LogP contribution in [0.3, 0.4) is 0 Å². The van der Waals surface area contributed by atoms with E-state index >= 15 is 0 Å². The maximum absolute atomic E-state index is 12.9. The van der Waals surface area contributed by atoms with Crippen LogP contribution in [0.5, 0.6) is 5.75 Å². The highest BCUT2D eigenvalue weighted by Gasteiger charge is 2.16. The predicted octanol–water partition coefficient (Wildman–Crippen LogP) is 4.75. The van der Waals surface area contributed by atoms with Gasteiger partial charge in [-0.25, -0.2) is 4.39 Å². The molecule has 23 heavy (non-hydrogen) atoms. The zero-order valence-corrected chi connectivity index (χ0v) is 12.9. The highest BCUT2D eigenvalue weighted by Crippen LogP contribution is 2.24. The maximum atomic E-state index is 12.9. The molecule has 1 heterocycles. The third-order valence-electron chi connectivity index (χ3n) is 3.01. The van der Waals surface area contributed by atoms with Crippen LogP contribution in [-0.4, -0.2) is 10.2 Å². The van der Waals surface area contributed by atoms with E-state index in [1.165, 1.54) is 12.1 Å². The van der Waals surface area contributed by atoms with E-state index in [4.69, 9.17) is 20.8 Å². The third-order valence-corrected chi connectivity index (χ3v) is 3.26. The topological polar surface area (TPSA) is 60.2 Å². The van der Waals surface area contributed by atoms with Gasteiger partial charge in [0, 0.05) is 10.7 Å². The number of benzene rings is 2. The second-order valence-corrected chi connectivity index (χ2v) is 5.23. The van der Waals surface area contributed by atoms with Gasteiger partial charge in [-0.1, -0.05) is 16.7 Å². The van der Waals surface area contributed by atoms with Crippen LogP contribution in [0, 0.1) is 5.82 Å². The van der Waals surface area contributed by atoms with E-state index in [1.807, 2.05) is 0 Å². The first-order valence-electron chi connectivity index (χ1n) is 6.88. The fraction of sp³-hybridized carbons (Fsp3) is 0.125. The van der Waals surface area contributed by atoms with Gasteiger partial charge in [0.15, 0.2) is 6.10 Å². The molecule has 2 aromatic carbocycles. The zero-order valence-electron chi connectivity index (χ0n) is 12.2. The molecule has 1 unspecified atom stereocenters. The maximum Gasteiger partial charge on any atom is 0.320 e. The Morgan fingerprint density at radius 1 is 1.09 bits per heavy atom. The average molecular weight is 334 g/mol. The van der Waals surface area contributed by atoms with Gasteiger partial charge in [-0.15, -0.1) is 5.10 Å². The Balaban J connectivity index is 1.66. The number of rotatable bonds is 5. The monoisotopic (exact) mass is 333 g/mol. The minimum Gasteiger partial charge on any atom is -0.481 e. The molecule has 1 atom stereocenters. The lowest BCUT2D eigenvalue weighted by molar-refractivity contribution is 0.190. The molecule has 0 saturated carbocycles. The lowest BCUT2D eigenvalue weighted by atomic mass is 10.3. The lowest BCUT2D eigenvalue weighted by Gasteiger charge is -2.10. The van der Waals surface area contributed by atoms with Crippen molar-refractivity contribution in [3.63, 3.8) is 0 Å². The van der Waals surface area contributed by atoms with E-state index < -0.39 is 6.10 Å². The fourth-order valence-corrected chi connectivity index (χ4v) is 2.00. The Labute approximate surface area is 137 Å². The summed E-state index contributed by atoms with van der Waals surface area (Å²) in [6, 6.07) is 13.0. The molecule has 1 N–H and O–H groups in total. The van der Waals surface area contributed by atoms with Crippen LogP contribution >= 0.6 is 11.6 Å². The molecule has 3 rings (SSSR count). The summed E-state index contributed by atoms with van der Waals surface area (Å²) in [7, 11) is 0. The van der Waals surface area contributed by atoms with E-state index in [0.717, 1.165) is 0 Å². The normalized spacial score (nSPS) is 12.0. The SMILES string of the molecule is CC(Oc1ccc(Cl)cc1)c1nnc(Nc2ccc(F)cc2)o1. The summed E-state index contributed by atoms with van der Waals surface area (Å²) >= 11 is 5.83. The Bertz CT molecular complexity index is 775. The van der Waals surface area contributed by atoms with E-state index in [0.29, 0.717) is 22.4 Å². The largest absolute Gasteiger partial charge is 0.481 e. The zero-order chi connectivity index (χ0) is 16.2. The number of anilines is 2. The molecule has 1 aromatic heterocycles. The van der Waals surface area contributed by atoms with Gasteiger partial charge in [0.2, 0.25) is 0 Å². The van der Waals surface area contributed by atoms with Crippen molar-refractivity contribution in [1.82, 2.24) is 10.2 Å². The highest BCUT2D eigenvalue weighted by atomic mass is 35.5. The molecular formula is C16H13ClFN3O2. The summed E-state index contributed by atoms with van der Waals surface area (Å²) in [5.74, 6) is 0.657. The van der Waals surface area contributed by atoms with E-state index in [2.05, 4.69) is 15.5 Å². The number of nitrogens with one attached hydrogen (secondary N) is 1. The van der Waals surface area contributed by atoms with Gasteiger partial charge in [0.1, 0.15) is 11.6 Å². The number of halogens is 2. The molecule has 3 aromatic rings. The molecule has 0 spiro atoms. The standard InChI is InChI=1S/C16H13ClFN3O2/c1-10(22-14-8-2-11(17)3-9-14)15-20-21-16(23-15)19-13-6-4-12(18)5-7-13/h2-10H,1H3,(H,19,21). The van der Waals surface area contributed by atoms with Crippen molar-refractivity contribution in [2.24, 2.45) is 0 Å².